The summed E-state index contributed by atoms with van der Waals surface area (Å²) in [5.74, 6) is 0. The highest BCUT2D eigenvalue weighted by atomic mass is 32.2. The maximum atomic E-state index is 4.21. The summed E-state index contributed by atoms with van der Waals surface area (Å²) in [5.41, 5.74) is 4.23. The Morgan fingerprint density at radius 3 is 3.06 bits per heavy atom. The molecule has 84 valence electrons. The molecule has 4 nitrogen and oxygen atoms in total. The number of nitrogens with zero attached hydrogens (tertiary/aromatic N) is 3. The molecule has 0 aliphatic carbocycles. The van der Waals surface area contributed by atoms with Gasteiger partial charge in [-0.1, -0.05) is 6.07 Å². The zero-order valence-corrected chi connectivity index (χ0v) is 10.0. The highest BCUT2D eigenvalue weighted by Gasteiger charge is 2.07. The lowest BCUT2D eigenvalue weighted by Gasteiger charge is -2.05. The maximum Gasteiger partial charge on any atom is 0.126 e. The molecule has 3 aromatic rings. The van der Waals surface area contributed by atoms with Crippen LogP contribution in [-0.2, 0) is 0 Å². The Morgan fingerprint density at radius 1 is 1.24 bits per heavy atom. The van der Waals surface area contributed by atoms with Crippen LogP contribution >= 0.6 is 11.8 Å². The van der Waals surface area contributed by atoms with Gasteiger partial charge in [0.1, 0.15) is 5.03 Å². The summed E-state index contributed by atoms with van der Waals surface area (Å²) in [7, 11) is 0. The van der Waals surface area contributed by atoms with Gasteiger partial charge in [-0.05, 0) is 30.0 Å². The number of aromatic nitrogens is 4. The number of hydrogen-bond acceptors (Lipinski definition) is 4. The van der Waals surface area contributed by atoms with Gasteiger partial charge in [0.25, 0.3) is 0 Å². The number of hydrogen-bond donors (Lipinski definition) is 1. The summed E-state index contributed by atoms with van der Waals surface area (Å²) in [4.78, 5) is 7.32. The van der Waals surface area contributed by atoms with Crippen LogP contribution in [0.4, 0.5) is 0 Å². The normalized spacial score (nSPS) is 10.9. The smallest absolute Gasteiger partial charge is 0.126 e. The van der Waals surface area contributed by atoms with E-state index in [1.807, 2.05) is 18.4 Å². The minimum Gasteiger partial charge on any atom is -0.345 e. The SMILES string of the molecule is CSc1nnccc1-c1ccc2nc[nH]c2c1. The Bertz CT molecular complexity index is 662. The maximum absolute atomic E-state index is 4.21. The van der Waals surface area contributed by atoms with Gasteiger partial charge in [0, 0.05) is 5.56 Å². The van der Waals surface area contributed by atoms with E-state index in [1.165, 1.54) is 0 Å². The van der Waals surface area contributed by atoms with Crippen LogP contribution in [0, 0.1) is 0 Å². The first-order valence-corrected chi connectivity index (χ1v) is 6.40. The quantitative estimate of drug-likeness (QED) is 0.702. The average Bonchev–Trinajstić information content (AvgIpc) is 2.85. The molecule has 2 aromatic heterocycles. The second-order valence-electron chi connectivity index (χ2n) is 3.59. The Kier molecular flexibility index (Phi) is 2.53. The first kappa shape index (κ1) is 10.3. The van der Waals surface area contributed by atoms with Crippen molar-refractivity contribution in [3.8, 4) is 11.1 Å². The zero-order chi connectivity index (χ0) is 11.7. The number of imidazole rings is 1. The van der Waals surface area contributed by atoms with Crippen LogP contribution in [0.25, 0.3) is 22.2 Å². The number of thioether (sulfide) groups is 1. The van der Waals surface area contributed by atoms with Gasteiger partial charge >= 0.3 is 0 Å². The molecule has 1 N–H and O–H groups in total. The van der Waals surface area contributed by atoms with Crippen LogP contribution in [0.1, 0.15) is 0 Å². The molecule has 0 aliphatic rings. The number of nitrogens with one attached hydrogen (secondary N) is 1. The largest absolute Gasteiger partial charge is 0.345 e. The van der Waals surface area contributed by atoms with Crippen molar-refractivity contribution in [2.45, 2.75) is 5.03 Å². The lowest BCUT2D eigenvalue weighted by Crippen LogP contribution is -1.88. The Hall–Kier alpha value is -1.88. The van der Waals surface area contributed by atoms with E-state index in [4.69, 9.17) is 0 Å². The van der Waals surface area contributed by atoms with Crippen LogP contribution in [0.15, 0.2) is 41.8 Å². The summed E-state index contributed by atoms with van der Waals surface area (Å²) in [6.07, 6.45) is 5.42. The molecule has 0 spiro atoms. The van der Waals surface area contributed by atoms with Crippen LogP contribution in [0.2, 0.25) is 0 Å². The Balaban J connectivity index is 2.19. The van der Waals surface area contributed by atoms with Crippen molar-refractivity contribution in [3.05, 3.63) is 36.8 Å². The molecule has 0 bridgehead atoms. The van der Waals surface area contributed by atoms with Gasteiger partial charge in [0.05, 0.1) is 23.6 Å². The van der Waals surface area contributed by atoms with Crippen LogP contribution < -0.4 is 0 Å². The van der Waals surface area contributed by atoms with Crippen molar-refractivity contribution in [2.75, 3.05) is 6.26 Å². The fraction of sp³-hybridized carbons (Fsp3) is 0.0833. The van der Waals surface area contributed by atoms with Crippen molar-refractivity contribution in [2.24, 2.45) is 0 Å². The molecule has 0 fully saturated rings. The molecule has 0 amide bonds. The van der Waals surface area contributed by atoms with Gasteiger partial charge in [-0.15, -0.1) is 16.9 Å². The third kappa shape index (κ3) is 1.78. The summed E-state index contributed by atoms with van der Waals surface area (Å²) in [6.45, 7) is 0. The number of benzene rings is 1. The number of fused-ring (bicyclic) bond motifs is 1. The van der Waals surface area contributed by atoms with E-state index in [0.29, 0.717) is 0 Å². The summed E-state index contributed by atoms with van der Waals surface area (Å²) in [6, 6.07) is 8.13. The van der Waals surface area contributed by atoms with Gasteiger partial charge in [0.2, 0.25) is 0 Å². The average molecular weight is 242 g/mol. The predicted molar refractivity (Wildman–Crippen MR) is 68.9 cm³/mol. The first-order valence-electron chi connectivity index (χ1n) is 5.17. The van der Waals surface area contributed by atoms with Gasteiger partial charge in [-0.3, -0.25) is 0 Å². The molecular weight excluding hydrogens is 232 g/mol. The highest BCUT2D eigenvalue weighted by molar-refractivity contribution is 7.98. The minimum absolute atomic E-state index is 0.936. The highest BCUT2D eigenvalue weighted by Crippen LogP contribution is 2.28. The van der Waals surface area contributed by atoms with Crippen molar-refractivity contribution >= 4 is 22.8 Å². The fourth-order valence-corrected chi connectivity index (χ4v) is 2.33. The lowest BCUT2D eigenvalue weighted by atomic mass is 10.1. The predicted octanol–water partition coefficient (Wildman–Crippen LogP) is 2.74. The van der Waals surface area contributed by atoms with Gasteiger partial charge in [0.15, 0.2) is 0 Å². The number of rotatable bonds is 2. The van der Waals surface area contributed by atoms with Crippen molar-refractivity contribution < 1.29 is 0 Å². The monoisotopic (exact) mass is 242 g/mol. The zero-order valence-electron chi connectivity index (χ0n) is 9.21. The van der Waals surface area contributed by atoms with E-state index < -0.39 is 0 Å². The second kappa shape index (κ2) is 4.18. The molecule has 3 rings (SSSR count). The van der Waals surface area contributed by atoms with Crippen LogP contribution in [0.5, 0.6) is 0 Å². The van der Waals surface area contributed by atoms with E-state index >= 15 is 0 Å². The summed E-state index contributed by atoms with van der Waals surface area (Å²) >= 11 is 1.60. The molecule has 0 aliphatic heterocycles. The van der Waals surface area contributed by atoms with Gasteiger partial charge in [-0.2, -0.15) is 5.10 Å². The number of H-pyrrole nitrogens is 1. The lowest BCUT2D eigenvalue weighted by molar-refractivity contribution is 0.935. The first-order chi connectivity index (χ1) is 8.38. The van der Waals surface area contributed by atoms with Crippen molar-refractivity contribution in [1.82, 2.24) is 20.2 Å². The Morgan fingerprint density at radius 2 is 2.18 bits per heavy atom. The molecule has 0 saturated heterocycles. The third-order valence-corrected chi connectivity index (χ3v) is 3.30. The van der Waals surface area contributed by atoms with E-state index in [9.17, 15) is 0 Å². The third-order valence-electron chi connectivity index (χ3n) is 2.61. The standard InChI is InChI=1S/C12H10N4S/c1-17-12-9(4-5-15-16-12)8-2-3-10-11(6-8)14-7-13-10/h2-7H,1H3,(H,13,14). The molecule has 17 heavy (non-hydrogen) atoms. The van der Waals surface area contributed by atoms with E-state index in [-0.39, 0.29) is 0 Å². The molecule has 0 unspecified atom stereocenters. The summed E-state index contributed by atoms with van der Waals surface area (Å²) in [5, 5.41) is 8.97. The Labute approximate surface area is 102 Å². The second-order valence-corrected chi connectivity index (χ2v) is 4.38. The topological polar surface area (TPSA) is 54.5 Å². The molecule has 0 saturated carbocycles. The van der Waals surface area contributed by atoms with E-state index in [2.05, 4.69) is 32.3 Å². The number of aromatic amines is 1. The van der Waals surface area contributed by atoms with E-state index in [0.717, 1.165) is 27.2 Å². The molecule has 1 aromatic carbocycles. The van der Waals surface area contributed by atoms with Crippen molar-refractivity contribution in [1.29, 1.82) is 0 Å². The fourth-order valence-electron chi connectivity index (χ4n) is 1.79. The van der Waals surface area contributed by atoms with Crippen LogP contribution in [0.3, 0.4) is 0 Å². The molecule has 0 radical (unpaired) electrons. The molecular formula is C12H10N4S. The molecule has 0 atom stereocenters. The minimum atomic E-state index is 0.936. The molecule has 2 heterocycles. The van der Waals surface area contributed by atoms with Crippen molar-refractivity contribution in [3.63, 3.8) is 0 Å². The van der Waals surface area contributed by atoms with E-state index in [1.54, 1.807) is 24.3 Å². The van der Waals surface area contributed by atoms with Gasteiger partial charge < -0.3 is 4.98 Å². The van der Waals surface area contributed by atoms with Crippen LogP contribution in [-0.4, -0.2) is 26.4 Å². The van der Waals surface area contributed by atoms with Gasteiger partial charge in [-0.25, -0.2) is 4.98 Å². The summed E-state index contributed by atoms with van der Waals surface area (Å²) < 4.78 is 0. The molecule has 5 heteroatoms.